The number of benzene rings is 3. The Morgan fingerprint density at radius 2 is 1.11 bits per heavy atom. The molecule has 0 heterocycles. The van der Waals surface area contributed by atoms with E-state index >= 15 is 0 Å². The molecule has 0 aliphatic rings. The molecule has 2 heteroatoms. The Hall–Kier alpha value is -2.74. The van der Waals surface area contributed by atoms with E-state index in [9.17, 15) is 10.2 Å². The van der Waals surface area contributed by atoms with Crippen LogP contribution >= 0.6 is 0 Å². The van der Waals surface area contributed by atoms with Crippen molar-refractivity contribution in [2.45, 2.75) is 45.4 Å². The second-order valence-corrected chi connectivity index (χ2v) is 7.80. The Morgan fingerprint density at radius 3 is 1.61 bits per heavy atom. The lowest BCUT2D eigenvalue weighted by Gasteiger charge is -2.22. The Morgan fingerprint density at radius 1 is 0.679 bits per heavy atom. The summed E-state index contributed by atoms with van der Waals surface area (Å²) in [4.78, 5) is 0. The number of rotatable bonds is 8. The molecule has 3 aromatic carbocycles. The van der Waals surface area contributed by atoms with Crippen molar-refractivity contribution in [3.8, 4) is 22.6 Å². The van der Waals surface area contributed by atoms with Crippen LogP contribution in [0.5, 0.6) is 11.5 Å². The molecule has 0 aromatic heterocycles. The van der Waals surface area contributed by atoms with Crippen LogP contribution in [0.1, 0.15) is 56.6 Å². The molecule has 2 N–H and O–H groups in total. The predicted octanol–water partition coefficient (Wildman–Crippen LogP) is 7.11. The molecule has 0 fully saturated rings. The van der Waals surface area contributed by atoms with E-state index in [0.29, 0.717) is 17.6 Å². The van der Waals surface area contributed by atoms with Gasteiger partial charge in [-0.1, -0.05) is 81.6 Å². The molecule has 3 rings (SSSR count). The summed E-state index contributed by atoms with van der Waals surface area (Å²) in [6.45, 7) is 4.58. The standard InChI is InChI=1S/C26H30O2/c1-3-4-5-19(2)18-26(23-12-16-25(28)17-13-23)22-8-6-20(7-9-22)21-10-14-24(27)15-11-21/h6-17,19,26-28H,3-5,18H2,1-2H3. The molecule has 0 spiro atoms. The summed E-state index contributed by atoms with van der Waals surface area (Å²) in [6, 6.07) is 23.7. The largest absolute Gasteiger partial charge is 0.508 e. The van der Waals surface area contributed by atoms with E-state index in [-0.39, 0.29) is 5.75 Å². The van der Waals surface area contributed by atoms with E-state index in [4.69, 9.17) is 0 Å². The number of hydrogen-bond donors (Lipinski definition) is 2. The molecule has 0 aliphatic carbocycles. The third kappa shape index (κ3) is 5.16. The van der Waals surface area contributed by atoms with E-state index in [1.807, 2.05) is 24.3 Å². The highest BCUT2D eigenvalue weighted by Crippen LogP contribution is 2.34. The fraction of sp³-hybridized carbons (Fsp3) is 0.308. The van der Waals surface area contributed by atoms with Gasteiger partial charge >= 0.3 is 0 Å². The molecular formula is C26H30O2. The number of phenolic OH excluding ortho intramolecular Hbond substituents is 2. The Balaban J connectivity index is 1.86. The van der Waals surface area contributed by atoms with Crippen molar-refractivity contribution in [1.29, 1.82) is 0 Å². The van der Waals surface area contributed by atoms with Crippen LogP contribution in [0.4, 0.5) is 0 Å². The fourth-order valence-electron chi connectivity index (χ4n) is 3.81. The highest BCUT2D eigenvalue weighted by atomic mass is 16.3. The SMILES string of the molecule is CCCCC(C)CC(c1ccc(O)cc1)c1ccc(-c2ccc(O)cc2)cc1. The summed E-state index contributed by atoms with van der Waals surface area (Å²) in [5, 5.41) is 19.2. The van der Waals surface area contributed by atoms with Crippen LogP contribution in [0, 0.1) is 5.92 Å². The molecule has 0 saturated carbocycles. The molecule has 2 unspecified atom stereocenters. The third-order valence-corrected chi connectivity index (χ3v) is 5.50. The van der Waals surface area contributed by atoms with Crippen molar-refractivity contribution in [2.75, 3.05) is 0 Å². The summed E-state index contributed by atoms with van der Waals surface area (Å²) in [7, 11) is 0. The molecule has 0 radical (unpaired) electrons. The van der Waals surface area contributed by atoms with Gasteiger partial charge in [0.1, 0.15) is 11.5 Å². The van der Waals surface area contributed by atoms with Crippen molar-refractivity contribution in [3.63, 3.8) is 0 Å². The predicted molar refractivity (Wildman–Crippen MR) is 117 cm³/mol. The Labute approximate surface area is 168 Å². The van der Waals surface area contributed by atoms with Crippen LogP contribution in [0.15, 0.2) is 72.8 Å². The van der Waals surface area contributed by atoms with Gasteiger partial charge in [-0.15, -0.1) is 0 Å². The van der Waals surface area contributed by atoms with Gasteiger partial charge in [-0.3, -0.25) is 0 Å². The minimum atomic E-state index is 0.286. The molecule has 3 aromatic rings. The van der Waals surface area contributed by atoms with Crippen LogP contribution < -0.4 is 0 Å². The highest BCUT2D eigenvalue weighted by Gasteiger charge is 2.18. The number of phenols is 2. The van der Waals surface area contributed by atoms with Crippen LogP contribution in [-0.4, -0.2) is 10.2 Å². The topological polar surface area (TPSA) is 40.5 Å². The average Bonchev–Trinajstić information content (AvgIpc) is 2.72. The van der Waals surface area contributed by atoms with Crippen LogP contribution in [0.2, 0.25) is 0 Å². The van der Waals surface area contributed by atoms with Gasteiger partial charge in [-0.05, 0) is 58.9 Å². The van der Waals surface area contributed by atoms with E-state index in [2.05, 4.69) is 38.1 Å². The summed E-state index contributed by atoms with van der Waals surface area (Å²) in [6.07, 6.45) is 4.85. The molecule has 0 aliphatic heterocycles. The van der Waals surface area contributed by atoms with Crippen LogP contribution in [0.25, 0.3) is 11.1 Å². The minimum Gasteiger partial charge on any atom is -0.508 e. The monoisotopic (exact) mass is 374 g/mol. The number of unbranched alkanes of at least 4 members (excludes halogenated alkanes) is 1. The zero-order valence-corrected chi connectivity index (χ0v) is 16.8. The van der Waals surface area contributed by atoms with Gasteiger partial charge in [0, 0.05) is 5.92 Å². The van der Waals surface area contributed by atoms with Gasteiger partial charge in [0.05, 0.1) is 0 Å². The van der Waals surface area contributed by atoms with Crippen molar-refractivity contribution in [2.24, 2.45) is 5.92 Å². The summed E-state index contributed by atoms with van der Waals surface area (Å²) in [5.41, 5.74) is 4.80. The minimum absolute atomic E-state index is 0.286. The summed E-state index contributed by atoms with van der Waals surface area (Å²) >= 11 is 0. The fourth-order valence-corrected chi connectivity index (χ4v) is 3.81. The van der Waals surface area contributed by atoms with Crippen molar-refractivity contribution in [1.82, 2.24) is 0 Å². The average molecular weight is 375 g/mol. The van der Waals surface area contributed by atoms with E-state index in [0.717, 1.165) is 17.5 Å². The molecule has 0 amide bonds. The van der Waals surface area contributed by atoms with E-state index < -0.39 is 0 Å². The maximum Gasteiger partial charge on any atom is 0.115 e. The molecule has 2 nitrogen and oxygen atoms in total. The van der Waals surface area contributed by atoms with Gasteiger partial charge in [0.15, 0.2) is 0 Å². The van der Waals surface area contributed by atoms with Crippen LogP contribution in [-0.2, 0) is 0 Å². The van der Waals surface area contributed by atoms with Crippen molar-refractivity contribution < 1.29 is 10.2 Å². The lowest BCUT2D eigenvalue weighted by atomic mass is 9.82. The quantitative estimate of drug-likeness (QED) is 0.441. The van der Waals surface area contributed by atoms with Gasteiger partial charge in [-0.2, -0.15) is 0 Å². The first-order valence-electron chi connectivity index (χ1n) is 10.2. The van der Waals surface area contributed by atoms with Gasteiger partial charge in [-0.25, -0.2) is 0 Å². The van der Waals surface area contributed by atoms with Gasteiger partial charge in [0.2, 0.25) is 0 Å². The van der Waals surface area contributed by atoms with Crippen molar-refractivity contribution >= 4 is 0 Å². The molecule has 2 atom stereocenters. The van der Waals surface area contributed by atoms with Crippen molar-refractivity contribution in [3.05, 3.63) is 83.9 Å². The first-order chi connectivity index (χ1) is 13.6. The lowest BCUT2D eigenvalue weighted by molar-refractivity contribution is 0.447. The van der Waals surface area contributed by atoms with E-state index in [1.165, 1.54) is 30.4 Å². The number of aromatic hydroxyl groups is 2. The van der Waals surface area contributed by atoms with Crippen LogP contribution in [0.3, 0.4) is 0 Å². The zero-order chi connectivity index (χ0) is 19.9. The molecule has 0 bridgehead atoms. The third-order valence-electron chi connectivity index (χ3n) is 5.50. The first-order valence-corrected chi connectivity index (χ1v) is 10.2. The molecule has 0 saturated heterocycles. The summed E-state index contributed by atoms with van der Waals surface area (Å²) < 4.78 is 0. The second kappa shape index (κ2) is 9.45. The normalized spacial score (nSPS) is 13.2. The summed E-state index contributed by atoms with van der Waals surface area (Å²) in [5.74, 6) is 1.56. The smallest absolute Gasteiger partial charge is 0.115 e. The molecular weight excluding hydrogens is 344 g/mol. The van der Waals surface area contributed by atoms with Gasteiger partial charge < -0.3 is 10.2 Å². The lowest BCUT2D eigenvalue weighted by Crippen LogP contribution is -2.07. The Bertz CT molecular complexity index is 848. The molecule has 28 heavy (non-hydrogen) atoms. The Kier molecular flexibility index (Phi) is 6.76. The highest BCUT2D eigenvalue weighted by molar-refractivity contribution is 5.64. The van der Waals surface area contributed by atoms with E-state index in [1.54, 1.807) is 24.3 Å². The zero-order valence-electron chi connectivity index (χ0n) is 16.8. The maximum absolute atomic E-state index is 9.67. The number of hydrogen-bond acceptors (Lipinski definition) is 2. The van der Waals surface area contributed by atoms with Gasteiger partial charge in [0.25, 0.3) is 0 Å². The maximum atomic E-state index is 9.67. The second-order valence-electron chi connectivity index (χ2n) is 7.80. The first kappa shape index (κ1) is 20.0. The molecule has 146 valence electrons.